The molecule has 1 aromatic carbocycles. The normalized spacial score (nSPS) is 23.0. The summed E-state index contributed by atoms with van der Waals surface area (Å²) >= 11 is 0. The molecule has 0 saturated heterocycles. The number of nitrogens with two attached hydrogens (primary N) is 1. The number of guanidine groups is 1. The maximum atomic E-state index is 5.86. The zero-order valence-electron chi connectivity index (χ0n) is 12.8. The molecule has 4 nitrogen and oxygen atoms in total. The summed E-state index contributed by atoms with van der Waals surface area (Å²) in [4.78, 5) is 8.69. The van der Waals surface area contributed by atoms with Crippen LogP contribution < -0.4 is 11.1 Å². The summed E-state index contributed by atoms with van der Waals surface area (Å²) in [5.74, 6) is 0.582. The average Bonchev–Trinajstić information content (AvgIpc) is 2.88. The first-order valence-corrected chi connectivity index (χ1v) is 7.77. The molecule has 3 N–H and O–H groups in total. The largest absolute Gasteiger partial charge is 0.370 e. The van der Waals surface area contributed by atoms with Crippen LogP contribution in [-0.2, 0) is 12.8 Å². The van der Waals surface area contributed by atoms with Gasteiger partial charge in [-0.15, -0.1) is 0 Å². The molecule has 0 bridgehead atoms. The Bertz CT molecular complexity index is 765. The third kappa shape index (κ3) is 2.06. The van der Waals surface area contributed by atoms with Crippen LogP contribution in [-0.4, -0.2) is 23.0 Å². The van der Waals surface area contributed by atoms with Crippen LogP contribution in [0.3, 0.4) is 0 Å². The predicted octanol–water partition coefficient (Wildman–Crippen LogP) is 2.20. The Labute approximate surface area is 130 Å². The molecule has 4 rings (SSSR count). The summed E-state index contributed by atoms with van der Waals surface area (Å²) in [5.41, 5.74) is 12.5. The van der Waals surface area contributed by atoms with E-state index in [1.807, 2.05) is 12.4 Å². The van der Waals surface area contributed by atoms with Gasteiger partial charge in [0.1, 0.15) is 0 Å². The summed E-state index contributed by atoms with van der Waals surface area (Å²) in [6, 6.07) is 8.69. The number of aryl methyl sites for hydroxylation is 2. The quantitative estimate of drug-likeness (QED) is 0.847. The minimum atomic E-state index is 0.00327. The summed E-state index contributed by atoms with van der Waals surface area (Å²) < 4.78 is 0. The molecule has 2 heterocycles. The Morgan fingerprint density at radius 3 is 2.91 bits per heavy atom. The van der Waals surface area contributed by atoms with Gasteiger partial charge in [-0.05, 0) is 54.5 Å². The molecular weight excluding hydrogens is 272 g/mol. The van der Waals surface area contributed by atoms with Gasteiger partial charge in [0.05, 0.1) is 12.1 Å². The number of fused-ring (bicyclic) bond motifs is 1. The second-order valence-electron chi connectivity index (χ2n) is 6.42. The Kier molecular flexibility index (Phi) is 2.93. The lowest BCUT2D eigenvalue weighted by Crippen LogP contribution is -2.51. The summed E-state index contributed by atoms with van der Waals surface area (Å²) in [6.45, 7) is 2.92. The molecule has 4 heteroatoms. The van der Waals surface area contributed by atoms with E-state index in [1.165, 1.54) is 27.8 Å². The fourth-order valence-electron chi connectivity index (χ4n) is 3.71. The molecular formula is C18H20N4. The lowest BCUT2D eigenvalue weighted by Gasteiger charge is -2.35. The van der Waals surface area contributed by atoms with Crippen LogP contribution in [0.2, 0.25) is 0 Å². The van der Waals surface area contributed by atoms with Crippen LogP contribution >= 0.6 is 0 Å². The average molecular weight is 292 g/mol. The molecule has 112 valence electrons. The monoisotopic (exact) mass is 292 g/mol. The van der Waals surface area contributed by atoms with E-state index in [0.717, 1.165) is 25.8 Å². The second-order valence-corrected chi connectivity index (χ2v) is 6.42. The van der Waals surface area contributed by atoms with Crippen LogP contribution in [0.5, 0.6) is 0 Å². The van der Waals surface area contributed by atoms with E-state index in [1.54, 1.807) is 0 Å². The molecule has 1 aromatic heterocycles. The minimum absolute atomic E-state index is 0.00327. The smallest absolute Gasteiger partial charge is 0.189 e. The van der Waals surface area contributed by atoms with Gasteiger partial charge < -0.3 is 11.1 Å². The first-order chi connectivity index (χ1) is 10.7. The molecule has 0 saturated carbocycles. The second kappa shape index (κ2) is 4.83. The van der Waals surface area contributed by atoms with E-state index < -0.39 is 0 Å². The van der Waals surface area contributed by atoms with Gasteiger partial charge in [0.2, 0.25) is 0 Å². The molecule has 2 aromatic rings. The van der Waals surface area contributed by atoms with Crippen LogP contribution in [0.1, 0.15) is 23.1 Å². The molecule has 22 heavy (non-hydrogen) atoms. The lowest BCUT2D eigenvalue weighted by molar-refractivity contribution is 0.362. The molecule has 0 amide bonds. The maximum absolute atomic E-state index is 5.86. The third-order valence-electron chi connectivity index (χ3n) is 4.94. The van der Waals surface area contributed by atoms with Gasteiger partial charge in [-0.3, -0.25) is 9.98 Å². The molecule has 1 atom stereocenters. The molecule has 0 radical (unpaired) electrons. The minimum Gasteiger partial charge on any atom is -0.370 e. The number of hydrogen-bond acceptors (Lipinski definition) is 4. The molecule has 1 unspecified atom stereocenters. The van der Waals surface area contributed by atoms with Gasteiger partial charge >= 0.3 is 0 Å². The highest BCUT2D eigenvalue weighted by Crippen LogP contribution is 2.37. The highest BCUT2D eigenvalue weighted by molar-refractivity contribution is 5.81. The van der Waals surface area contributed by atoms with E-state index in [0.29, 0.717) is 5.96 Å². The van der Waals surface area contributed by atoms with Crippen LogP contribution in [0, 0.1) is 6.92 Å². The van der Waals surface area contributed by atoms with Crippen molar-refractivity contribution in [2.75, 3.05) is 6.54 Å². The zero-order chi connectivity index (χ0) is 15.2. The Hall–Kier alpha value is -2.36. The van der Waals surface area contributed by atoms with Crippen molar-refractivity contribution in [3.63, 3.8) is 0 Å². The highest BCUT2D eigenvalue weighted by atomic mass is 15.2. The van der Waals surface area contributed by atoms with Gasteiger partial charge in [0.15, 0.2) is 5.96 Å². The third-order valence-corrected chi connectivity index (χ3v) is 4.94. The van der Waals surface area contributed by atoms with Crippen molar-refractivity contribution in [1.82, 2.24) is 10.3 Å². The molecule has 0 fully saturated rings. The predicted molar refractivity (Wildman–Crippen MR) is 88.8 cm³/mol. The van der Waals surface area contributed by atoms with Crippen molar-refractivity contribution in [3.8, 4) is 11.1 Å². The summed E-state index contributed by atoms with van der Waals surface area (Å²) in [6.07, 6.45) is 6.94. The molecule has 2 aliphatic rings. The summed E-state index contributed by atoms with van der Waals surface area (Å²) in [5, 5.41) is 3.42. The Balaban J connectivity index is 1.80. The van der Waals surface area contributed by atoms with Crippen molar-refractivity contribution in [2.45, 2.75) is 31.7 Å². The van der Waals surface area contributed by atoms with Gasteiger partial charge in [-0.1, -0.05) is 18.2 Å². The standard InChI is InChI=1S/C18H20N4/c1-12-6-8-20-10-16(12)14-4-2-3-13-5-7-18(9-15(13)14)11-21-17(19)22-18/h2-4,6,8,10H,5,7,9,11H2,1H3,(H3,19,21,22). The fourth-order valence-corrected chi connectivity index (χ4v) is 3.71. The molecule has 1 aliphatic carbocycles. The van der Waals surface area contributed by atoms with Gasteiger partial charge in [-0.2, -0.15) is 0 Å². The van der Waals surface area contributed by atoms with E-state index in [-0.39, 0.29) is 5.54 Å². The number of rotatable bonds is 1. The fraction of sp³-hybridized carbons (Fsp3) is 0.333. The van der Waals surface area contributed by atoms with Crippen LogP contribution in [0.25, 0.3) is 11.1 Å². The van der Waals surface area contributed by atoms with Crippen molar-refractivity contribution in [1.29, 1.82) is 0 Å². The van der Waals surface area contributed by atoms with E-state index in [4.69, 9.17) is 5.73 Å². The Morgan fingerprint density at radius 1 is 1.23 bits per heavy atom. The first kappa shape index (κ1) is 13.3. The number of aromatic nitrogens is 1. The van der Waals surface area contributed by atoms with E-state index >= 15 is 0 Å². The topological polar surface area (TPSA) is 63.3 Å². The maximum Gasteiger partial charge on any atom is 0.189 e. The van der Waals surface area contributed by atoms with Crippen molar-refractivity contribution in [3.05, 3.63) is 53.3 Å². The number of nitrogens with one attached hydrogen (secondary N) is 1. The van der Waals surface area contributed by atoms with Crippen molar-refractivity contribution >= 4 is 5.96 Å². The van der Waals surface area contributed by atoms with E-state index in [9.17, 15) is 0 Å². The SMILES string of the molecule is Cc1ccncc1-c1cccc2c1CC1(CC2)CN=C(N)N1. The van der Waals surface area contributed by atoms with E-state index in [2.05, 4.69) is 46.5 Å². The number of nitrogens with zero attached hydrogens (tertiary/aromatic N) is 2. The van der Waals surface area contributed by atoms with Gasteiger partial charge in [-0.25, -0.2) is 0 Å². The molecule has 1 aliphatic heterocycles. The lowest BCUT2D eigenvalue weighted by atomic mass is 9.75. The van der Waals surface area contributed by atoms with Gasteiger partial charge in [0.25, 0.3) is 0 Å². The summed E-state index contributed by atoms with van der Waals surface area (Å²) in [7, 11) is 0. The first-order valence-electron chi connectivity index (χ1n) is 7.77. The Morgan fingerprint density at radius 2 is 2.14 bits per heavy atom. The number of aliphatic imine (C=N–C) groups is 1. The van der Waals surface area contributed by atoms with Crippen molar-refractivity contribution in [2.24, 2.45) is 10.7 Å². The van der Waals surface area contributed by atoms with Crippen LogP contribution in [0.15, 0.2) is 41.7 Å². The number of hydrogen-bond donors (Lipinski definition) is 2. The molecule has 1 spiro atoms. The number of benzene rings is 1. The van der Waals surface area contributed by atoms with Gasteiger partial charge in [0, 0.05) is 18.0 Å². The van der Waals surface area contributed by atoms with Crippen molar-refractivity contribution < 1.29 is 0 Å². The zero-order valence-corrected chi connectivity index (χ0v) is 12.8. The van der Waals surface area contributed by atoms with Crippen LogP contribution in [0.4, 0.5) is 0 Å². The highest BCUT2D eigenvalue weighted by Gasteiger charge is 2.38. The number of pyridine rings is 1.